The molecule has 0 atom stereocenters. The fraction of sp³-hybridized carbons (Fsp3) is 0.125. The number of hydrogen-bond donors (Lipinski definition) is 0. The highest BCUT2D eigenvalue weighted by Gasteiger charge is 1.97. The van der Waals surface area contributed by atoms with Crippen molar-refractivity contribution in [3.63, 3.8) is 0 Å². The van der Waals surface area contributed by atoms with Crippen molar-refractivity contribution in [2.45, 2.75) is 11.8 Å². The number of thiocyanates is 1. The predicted molar refractivity (Wildman–Crippen MR) is 50.3 cm³/mol. The molecule has 0 aliphatic carbocycles. The molecule has 0 amide bonds. The van der Waals surface area contributed by atoms with Gasteiger partial charge in [0.1, 0.15) is 5.40 Å². The lowest BCUT2D eigenvalue weighted by molar-refractivity contribution is 1.29. The highest BCUT2D eigenvalue weighted by atomic mass is 79.9. The summed E-state index contributed by atoms with van der Waals surface area (Å²) in [5.74, 6) is 0. The lowest BCUT2D eigenvalue weighted by atomic mass is 10.2. The van der Waals surface area contributed by atoms with Crippen molar-refractivity contribution in [3.8, 4) is 5.40 Å². The summed E-state index contributed by atoms with van der Waals surface area (Å²) in [5, 5.41) is 10.5. The fourth-order valence-corrected chi connectivity index (χ4v) is 1.76. The van der Waals surface area contributed by atoms with E-state index in [0.717, 1.165) is 14.9 Å². The summed E-state index contributed by atoms with van der Waals surface area (Å²) >= 11 is 4.54. The minimum atomic E-state index is 1.01. The maximum Gasteiger partial charge on any atom is 0.138 e. The molecule has 1 aromatic carbocycles. The Morgan fingerprint density at radius 1 is 1.55 bits per heavy atom. The number of rotatable bonds is 1. The first-order chi connectivity index (χ1) is 5.24. The molecule has 3 heteroatoms. The van der Waals surface area contributed by atoms with Crippen molar-refractivity contribution in [3.05, 3.63) is 28.2 Å². The number of nitrogens with zero attached hydrogens (tertiary/aromatic N) is 1. The minimum absolute atomic E-state index is 1.01. The van der Waals surface area contributed by atoms with Crippen LogP contribution in [0.3, 0.4) is 0 Å². The van der Waals surface area contributed by atoms with Crippen LogP contribution in [0.1, 0.15) is 5.56 Å². The molecule has 0 N–H and O–H groups in total. The first kappa shape index (κ1) is 8.63. The summed E-state index contributed by atoms with van der Waals surface area (Å²) in [6, 6.07) is 5.91. The van der Waals surface area contributed by atoms with E-state index in [0.29, 0.717) is 0 Å². The molecule has 0 saturated carbocycles. The molecule has 0 saturated heterocycles. The van der Waals surface area contributed by atoms with Crippen molar-refractivity contribution in [2.24, 2.45) is 0 Å². The Kier molecular flexibility index (Phi) is 2.98. The fourth-order valence-electron chi connectivity index (χ4n) is 0.733. The second kappa shape index (κ2) is 3.80. The van der Waals surface area contributed by atoms with E-state index in [1.54, 1.807) is 0 Å². The van der Waals surface area contributed by atoms with Crippen molar-refractivity contribution in [1.82, 2.24) is 0 Å². The van der Waals surface area contributed by atoms with Crippen LogP contribution in [-0.4, -0.2) is 0 Å². The zero-order valence-corrected chi connectivity index (χ0v) is 8.37. The SMILES string of the molecule is Cc1ccc(Br)cc1SC#N. The van der Waals surface area contributed by atoms with Crippen molar-refractivity contribution in [2.75, 3.05) is 0 Å². The number of nitriles is 1. The first-order valence-electron chi connectivity index (χ1n) is 3.06. The molecule has 0 aromatic heterocycles. The summed E-state index contributed by atoms with van der Waals surface area (Å²) in [5.41, 5.74) is 1.14. The Bertz CT molecular complexity index is 303. The molecular weight excluding hydrogens is 222 g/mol. The number of hydrogen-bond acceptors (Lipinski definition) is 2. The van der Waals surface area contributed by atoms with Gasteiger partial charge in [0, 0.05) is 9.37 Å². The second-order valence-corrected chi connectivity index (χ2v) is 3.85. The van der Waals surface area contributed by atoms with Crippen molar-refractivity contribution >= 4 is 27.7 Å². The number of aryl methyl sites for hydroxylation is 1. The number of thioether (sulfide) groups is 1. The number of benzene rings is 1. The van der Waals surface area contributed by atoms with Gasteiger partial charge in [-0.1, -0.05) is 22.0 Å². The van der Waals surface area contributed by atoms with Gasteiger partial charge in [-0.3, -0.25) is 0 Å². The van der Waals surface area contributed by atoms with Crippen LogP contribution in [0.4, 0.5) is 0 Å². The van der Waals surface area contributed by atoms with Gasteiger partial charge < -0.3 is 0 Å². The Balaban J connectivity index is 3.05. The minimum Gasteiger partial charge on any atom is -0.185 e. The summed E-state index contributed by atoms with van der Waals surface area (Å²) in [6.45, 7) is 1.99. The smallest absolute Gasteiger partial charge is 0.138 e. The van der Waals surface area contributed by atoms with E-state index in [9.17, 15) is 0 Å². The third-order valence-corrected chi connectivity index (χ3v) is 2.55. The van der Waals surface area contributed by atoms with E-state index in [1.165, 1.54) is 11.8 Å². The molecule has 0 fully saturated rings. The number of halogens is 1. The third kappa shape index (κ3) is 2.25. The lowest BCUT2D eigenvalue weighted by Crippen LogP contribution is -1.76. The molecule has 0 aliphatic rings. The molecule has 11 heavy (non-hydrogen) atoms. The molecule has 0 unspecified atom stereocenters. The zero-order valence-electron chi connectivity index (χ0n) is 5.97. The average Bonchev–Trinajstić information content (AvgIpc) is 1.98. The Labute approximate surface area is 78.5 Å². The maximum atomic E-state index is 8.43. The van der Waals surface area contributed by atoms with Gasteiger partial charge in [0.25, 0.3) is 0 Å². The molecule has 56 valence electrons. The van der Waals surface area contributed by atoms with Crippen molar-refractivity contribution in [1.29, 1.82) is 5.26 Å². The summed E-state index contributed by atoms with van der Waals surface area (Å²) in [4.78, 5) is 1.02. The van der Waals surface area contributed by atoms with Gasteiger partial charge in [0.05, 0.1) is 0 Å². The van der Waals surface area contributed by atoms with Gasteiger partial charge in [0.2, 0.25) is 0 Å². The Morgan fingerprint density at radius 2 is 2.27 bits per heavy atom. The molecule has 0 radical (unpaired) electrons. The van der Waals surface area contributed by atoms with E-state index >= 15 is 0 Å². The quantitative estimate of drug-likeness (QED) is 0.543. The molecule has 0 heterocycles. The topological polar surface area (TPSA) is 23.8 Å². The van der Waals surface area contributed by atoms with Crippen LogP contribution in [0, 0.1) is 17.6 Å². The average molecular weight is 228 g/mol. The molecule has 1 aromatic rings. The van der Waals surface area contributed by atoms with E-state index in [2.05, 4.69) is 15.9 Å². The predicted octanol–water partition coefficient (Wildman–Crippen LogP) is 3.33. The monoisotopic (exact) mass is 227 g/mol. The van der Waals surface area contributed by atoms with E-state index in [4.69, 9.17) is 5.26 Å². The van der Waals surface area contributed by atoms with Gasteiger partial charge in [0.15, 0.2) is 0 Å². The molecule has 1 rings (SSSR count). The molecular formula is C8H6BrNS. The van der Waals surface area contributed by atoms with Gasteiger partial charge in [-0.25, -0.2) is 0 Å². The van der Waals surface area contributed by atoms with E-state index < -0.39 is 0 Å². The molecule has 0 aliphatic heterocycles. The normalized spacial score (nSPS) is 9.18. The summed E-state index contributed by atoms with van der Waals surface area (Å²) in [6.07, 6.45) is 0. The molecule has 0 spiro atoms. The van der Waals surface area contributed by atoms with Gasteiger partial charge in [-0.2, -0.15) is 5.26 Å². The molecule has 1 nitrogen and oxygen atoms in total. The van der Waals surface area contributed by atoms with Gasteiger partial charge >= 0.3 is 0 Å². The summed E-state index contributed by atoms with van der Waals surface area (Å²) in [7, 11) is 0. The van der Waals surface area contributed by atoms with Crippen LogP contribution >= 0.6 is 27.7 Å². The highest BCUT2D eigenvalue weighted by Crippen LogP contribution is 2.24. The van der Waals surface area contributed by atoms with Crippen LogP contribution in [0.2, 0.25) is 0 Å². The zero-order chi connectivity index (χ0) is 8.27. The van der Waals surface area contributed by atoms with Crippen LogP contribution in [0.25, 0.3) is 0 Å². The summed E-state index contributed by atoms with van der Waals surface area (Å²) < 4.78 is 1.01. The van der Waals surface area contributed by atoms with E-state index in [1.807, 2.05) is 30.5 Å². The van der Waals surface area contributed by atoms with Crippen LogP contribution in [-0.2, 0) is 0 Å². The molecule has 0 bridgehead atoms. The van der Waals surface area contributed by atoms with Gasteiger partial charge in [-0.05, 0) is 36.4 Å². The highest BCUT2D eigenvalue weighted by molar-refractivity contribution is 9.10. The van der Waals surface area contributed by atoms with Crippen molar-refractivity contribution < 1.29 is 0 Å². The Hall–Kier alpha value is -0.460. The van der Waals surface area contributed by atoms with E-state index in [-0.39, 0.29) is 0 Å². The lowest BCUT2D eigenvalue weighted by Gasteiger charge is -1.99. The third-order valence-electron chi connectivity index (χ3n) is 1.31. The van der Waals surface area contributed by atoms with Crippen LogP contribution < -0.4 is 0 Å². The maximum absolute atomic E-state index is 8.43. The Morgan fingerprint density at radius 3 is 2.91 bits per heavy atom. The second-order valence-electron chi connectivity index (χ2n) is 2.10. The van der Waals surface area contributed by atoms with Gasteiger partial charge in [-0.15, -0.1) is 0 Å². The standard InChI is InChI=1S/C8H6BrNS/c1-6-2-3-7(9)4-8(6)11-5-10/h2-4H,1H3. The van der Waals surface area contributed by atoms with Crippen LogP contribution in [0.15, 0.2) is 27.6 Å². The first-order valence-corrected chi connectivity index (χ1v) is 4.67. The largest absolute Gasteiger partial charge is 0.185 e. The van der Waals surface area contributed by atoms with Crippen LogP contribution in [0.5, 0.6) is 0 Å².